The highest BCUT2D eigenvalue weighted by Gasteiger charge is 2.12. The second-order valence-corrected chi connectivity index (χ2v) is 4.72. The topological polar surface area (TPSA) is 32.3 Å². The Morgan fingerprint density at radius 2 is 1.79 bits per heavy atom. The van der Waals surface area contributed by atoms with Crippen LogP contribution in [-0.4, -0.2) is 5.11 Å². The van der Waals surface area contributed by atoms with Crippen molar-refractivity contribution in [2.45, 2.75) is 6.54 Å². The van der Waals surface area contributed by atoms with Crippen molar-refractivity contribution in [1.82, 2.24) is 0 Å². The molecule has 19 heavy (non-hydrogen) atoms. The molecule has 0 aliphatic heterocycles. The Kier molecular flexibility index (Phi) is 3.99. The van der Waals surface area contributed by atoms with Crippen molar-refractivity contribution in [3.63, 3.8) is 0 Å². The van der Waals surface area contributed by atoms with Crippen LogP contribution in [0.4, 0.5) is 18.9 Å². The smallest absolute Gasteiger partial charge is 0.196 e. The van der Waals surface area contributed by atoms with Gasteiger partial charge in [-0.25, -0.2) is 13.2 Å². The van der Waals surface area contributed by atoms with Crippen LogP contribution in [0.15, 0.2) is 34.8 Å². The Hall–Kier alpha value is -1.69. The molecule has 6 heteroatoms. The van der Waals surface area contributed by atoms with E-state index >= 15 is 0 Å². The normalized spacial score (nSPS) is 10.5. The molecule has 0 saturated heterocycles. The molecule has 0 heterocycles. The molecule has 0 unspecified atom stereocenters. The average Bonchev–Trinajstić information content (AvgIpc) is 2.39. The number of benzene rings is 2. The van der Waals surface area contributed by atoms with Gasteiger partial charge in [0.25, 0.3) is 0 Å². The Bertz CT molecular complexity index is 619. The molecule has 2 aromatic rings. The summed E-state index contributed by atoms with van der Waals surface area (Å²) in [6, 6.07) is 6.73. The minimum atomic E-state index is -1.50. The maximum absolute atomic E-state index is 13.4. The second-order valence-electron chi connectivity index (χ2n) is 3.86. The van der Waals surface area contributed by atoms with Gasteiger partial charge in [0.15, 0.2) is 17.5 Å². The van der Waals surface area contributed by atoms with Gasteiger partial charge in [0.05, 0.1) is 10.2 Å². The van der Waals surface area contributed by atoms with Crippen molar-refractivity contribution in [3.8, 4) is 5.75 Å². The number of halogens is 4. The standard InChI is InChI=1S/C13H9BrF3NO/c14-8-5-7(1-4-11(8)19)6-18-10-3-2-9(15)12(16)13(10)17/h1-5,18-19H,6H2. The molecular weight excluding hydrogens is 323 g/mol. The van der Waals surface area contributed by atoms with Crippen LogP contribution < -0.4 is 5.32 Å². The zero-order chi connectivity index (χ0) is 14.0. The lowest BCUT2D eigenvalue weighted by molar-refractivity contribution is 0.449. The fourth-order valence-corrected chi connectivity index (χ4v) is 1.95. The molecule has 2 nitrogen and oxygen atoms in total. The number of anilines is 1. The third kappa shape index (κ3) is 3.01. The molecule has 0 aliphatic rings. The molecule has 0 saturated carbocycles. The van der Waals surface area contributed by atoms with E-state index in [1.165, 1.54) is 6.07 Å². The number of hydrogen-bond donors (Lipinski definition) is 2. The van der Waals surface area contributed by atoms with Crippen molar-refractivity contribution < 1.29 is 18.3 Å². The van der Waals surface area contributed by atoms with Crippen molar-refractivity contribution in [2.24, 2.45) is 0 Å². The number of phenolic OH excluding ortho intramolecular Hbond substituents is 1. The monoisotopic (exact) mass is 331 g/mol. The van der Waals surface area contributed by atoms with E-state index in [9.17, 15) is 18.3 Å². The molecule has 0 aromatic heterocycles. The van der Waals surface area contributed by atoms with Gasteiger partial charge in [0.1, 0.15) is 5.75 Å². The summed E-state index contributed by atoms with van der Waals surface area (Å²) >= 11 is 3.15. The molecular formula is C13H9BrF3NO. The minimum absolute atomic E-state index is 0.0859. The summed E-state index contributed by atoms with van der Waals surface area (Å²) in [7, 11) is 0. The lowest BCUT2D eigenvalue weighted by atomic mass is 10.2. The van der Waals surface area contributed by atoms with Crippen LogP contribution in [0.1, 0.15) is 5.56 Å². The fraction of sp³-hybridized carbons (Fsp3) is 0.0769. The molecule has 0 atom stereocenters. The zero-order valence-electron chi connectivity index (χ0n) is 9.55. The average molecular weight is 332 g/mol. The molecule has 0 aliphatic carbocycles. The SMILES string of the molecule is Oc1ccc(CNc2ccc(F)c(F)c2F)cc1Br. The fourth-order valence-electron chi connectivity index (χ4n) is 1.52. The highest BCUT2D eigenvalue weighted by molar-refractivity contribution is 9.10. The van der Waals surface area contributed by atoms with E-state index in [2.05, 4.69) is 21.2 Å². The minimum Gasteiger partial charge on any atom is -0.507 e. The quantitative estimate of drug-likeness (QED) is 0.827. The van der Waals surface area contributed by atoms with Gasteiger partial charge in [-0.1, -0.05) is 6.07 Å². The van der Waals surface area contributed by atoms with Crippen molar-refractivity contribution >= 4 is 21.6 Å². The highest BCUT2D eigenvalue weighted by atomic mass is 79.9. The summed E-state index contributed by atoms with van der Waals surface area (Å²) in [5.41, 5.74) is 0.622. The largest absolute Gasteiger partial charge is 0.507 e. The second kappa shape index (κ2) is 5.52. The lowest BCUT2D eigenvalue weighted by Gasteiger charge is -2.09. The number of hydrogen-bond acceptors (Lipinski definition) is 2. The van der Waals surface area contributed by atoms with Gasteiger partial charge in [-0.2, -0.15) is 0 Å². The van der Waals surface area contributed by atoms with Crippen LogP contribution in [0.25, 0.3) is 0 Å². The molecule has 0 fully saturated rings. The number of aromatic hydroxyl groups is 1. The predicted molar refractivity (Wildman–Crippen MR) is 69.4 cm³/mol. The highest BCUT2D eigenvalue weighted by Crippen LogP contribution is 2.25. The Labute approximate surface area is 116 Å². The Balaban J connectivity index is 2.14. The Morgan fingerprint density at radius 3 is 2.47 bits per heavy atom. The van der Waals surface area contributed by atoms with Crippen molar-refractivity contribution in [3.05, 3.63) is 57.8 Å². The van der Waals surface area contributed by atoms with E-state index in [1.807, 2.05) is 0 Å². The van der Waals surface area contributed by atoms with Crippen LogP contribution in [0.5, 0.6) is 5.75 Å². The van der Waals surface area contributed by atoms with Crippen LogP contribution >= 0.6 is 15.9 Å². The molecule has 0 bridgehead atoms. The van der Waals surface area contributed by atoms with E-state index in [-0.39, 0.29) is 18.0 Å². The van der Waals surface area contributed by atoms with Gasteiger partial charge in [0.2, 0.25) is 0 Å². The summed E-state index contributed by atoms with van der Waals surface area (Å²) < 4.78 is 39.6. The van der Waals surface area contributed by atoms with Gasteiger partial charge in [-0.15, -0.1) is 0 Å². The van der Waals surface area contributed by atoms with Crippen molar-refractivity contribution in [2.75, 3.05) is 5.32 Å². The summed E-state index contributed by atoms with van der Waals surface area (Å²) in [4.78, 5) is 0. The van der Waals surface area contributed by atoms with Crippen LogP contribution in [0.2, 0.25) is 0 Å². The number of rotatable bonds is 3. The van der Waals surface area contributed by atoms with E-state index in [0.29, 0.717) is 4.47 Å². The third-order valence-corrected chi connectivity index (χ3v) is 3.17. The summed E-state index contributed by atoms with van der Waals surface area (Å²) in [6.07, 6.45) is 0. The van der Waals surface area contributed by atoms with Gasteiger partial charge in [-0.05, 0) is 45.8 Å². The molecule has 0 spiro atoms. The summed E-state index contributed by atoms with van der Waals surface area (Å²) in [6.45, 7) is 0.209. The predicted octanol–water partition coefficient (Wildman–Crippen LogP) is 4.18. The molecule has 100 valence electrons. The van der Waals surface area contributed by atoms with E-state index in [1.54, 1.807) is 12.1 Å². The first kappa shape index (κ1) is 13.7. The number of phenols is 1. The van der Waals surface area contributed by atoms with E-state index in [0.717, 1.165) is 17.7 Å². The van der Waals surface area contributed by atoms with E-state index < -0.39 is 17.5 Å². The maximum Gasteiger partial charge on any atom is 0.196 e. The van der Waals surface area contributed by atoms with Gasteiger partial charge in [0, 0.05) is 6.54 Å². The van der Waals surface area contributed by atoms with Gasteiger partial charge >= 0.3 is 0 Å². The van der Waals surface area contributed by atoms with Crippen LogP contribution in [-0.2, 0) is 6.54 Å². The van der Waals surface area contributed by atoms with Crippen LogP contribution in [0.3, 0.4) is 0 Å². The van der Waals surface area contributed by atoms with E-state index in [4.69, 9.17) is 0 Å². The molecule has 0 radical (unpaired) electrons. The summed E-state index contributed by atoms with van der Waals surface area (Å²) in [5, 5.41) is 12.0. The third-order valence-electron chi connectivity index (χ3n) is 2.53. The number of nitrogens with one attached hydrogen (secondary N) is 1. The summed E-state index contributed by atoms with van der Waals surface area (Å²) in [5.74, 6) is -3.90. The van der Waals surface area contributed by atoms with Crippen LogP contribution in [0, 0.1) is 17.5 Å². The first-order valence-corrected chi connectivity index (χ1v) is 6.13. The first-order valence-electron chi connectivity index (χ1n) is 5.34. The molecule has 0 amide bonds. The first-order chi connectivity index (χ1) is 8.99. The molecule has 2 rings (SSSR count). The molecule has 2 N–H and O–H groups in total. The van der Waals surface area contributed by atoms with Crippen molar-refractivity contribution in [1.29, 1.82) is 0 Å². The Morgan fingerprint density at radius 1 is 1.05 bits per heavy atom. The lowest BCUT2D eigenvalue weighted by Crippen LogP contribution is -2.04. The maximum atomic E-state index is 13.4. The molecule has 2 aromatic carbocycles. The van der Waals surface area contributed by atoms with Gasteiger partial charge in [-0.3, -0.25) is 0 Å². The zero-order valence-corrected chi connectivity index (χ0v) is 11.1. The van der Waals surface area contributed by atoms with Gasteiger partial charge < -0.3 is 10.4 Å².